The van der Waals surface area contributed by atoms with Gasteiger partial charge in [-0.15, -0.1) is 0 Å². The molecule has 110 valence electrons. The van der Waals surface area contributed by atoms with Gasteiger partial charge < -0.3 is 20.7 Å². The molecule has 4 atom stereocenters. The number of nitriles is 1. The van der Waals surface area contributed by atoms with Gasteiger partial charge in [0.15, 0.2) is 17.4 Å². The maximum absolute atomic E-state index is 11.7. The van der Waals surface area contributed by atoms with Crippen molar-refractivity contribution in [1.29, 1.82) is 5.26 Å². The summed E-state index contributed by atoms with van der Waals surface area (Å²) in [5, 5.41) is 28.3. The molecule has 21 heavy (non-hydrogen) atoms. The first-order valence-electron chi connectivity index (χ1n) is 6.13. The van der Waals surface area contributed by atoms with Gasteiger partial charge in [0.2, 0.25) is 5.95 Å². The van der Waals surface area contributed by atoms with Crippen LogP contribution >= 0.6 is 0 Å². The number of rotatable bonds is 2. The van der Waals surface area contributed by atoms with Crippen LogP contribution in [0.1, 0.15) is 6.23 Å². The third-order valence-corrected chi connectivity index (χ3v) is 3.42. The molecule has 0 amide bonds. The number of ether oxygens (including phenoxy) is 1. The molecule has 1 fully saturated rings. The zero-order valence-corrected chi connectivity index (χ0v) is 10.7. The molecule has 10 nitrogen and oxygen atoms in total. The lowest BCUT2D eigenvalue weighted by atomic mass is 10.0. The van der Waals surface area contributed by atoms with Crippen molar-refractivity contribution >= 4 is 17.1 Å². The molecule has 0 aliphatic carbocycles. The van der Waals surface area contributed by atoms with Crippen molar-refractivity contribution in [2.45, 2.75) is 18.4 Å². The number of nitrogens with two attached hydrogens (primary N) is 1. The van der Waals surface area contributed by atoms with E-state index in [-0.39, 0.29) is 17.1 Å². The molecular weight excluding hydrogens is 280 g/mol. The van der Waals surface area contributed by atoms with Crippen molar-refractivity contribution in [3.05, 3.63) is 16.7 Å². The topological polar surface area (TPSA) is 163 Å². The number of aliphatic hydroxyl groups is 2. The summed E-state index contributed by atoms with van der Waals surface area (Å²) in [6.07, 6.45) is -1.67. The van der Waals surface area contributed by atoms with E-state index in [1.54, 1.807) is 0 Å². The Morgan fingerprint density at radius 3 is 3.05 bits per heavy atom. The Hall–Kier alpha value is -2.48. The highest BCUT2D eigenvalue weighted by molar-refractivity contribution is 5.70. The molecule has 0 saturated carbocycles. The molecule has 2 aromatic rings. The molecular formula is C11H12N6O4. The summed E-state index contributed by atoms with van der Waals surface area (Å²) in [4.78, 5) is 21.9. The fourth-order valence-electron chi connectivity index (χ4n) is 2.40. The summed E-state index contributed by atoms with van der Waals surface area (Å²) in [7, 11) is 0. The summed E-state index contributed by atoms with van der Waals surface area (Å²) >= 11 is 0. The van der Waals surface area contributed by atoms with Gasteiger partial charge in [-0.1, -0.05) is 0 Å². The number of aromatic nitrogens is 4. The van der Waals surface area contributed by atoms with E-state index in [4.69, 9.17) is 15.6 Å². The van der Waals surface area contributed by atoms with Crippen LogP contribution in [0.5, 0.6) is 0 Å². The molecule has 0 bridgehead atoms. The van der Waals surface area contributed by atoms with Crippen LogP contribution in [0.2, 0.25) is 0 Å². The number of aromatic amines is 1. The lowest BCUT2D eigenvalue weighted by Crippen LogP contribution is -2.28. The Kier molecular flexibility index (Phi) is 3.09. The van der Waals surface area contributed by atoms with Gasteiger partial charge in [-0.2, -0.15) is 10.2 Å². The van der Waals surface area contributed by atoms with Crippen LogP contribution in [0.4, 0.5) is 5.95 Å². The number of anilines is 1. The minimum Gasteiger partial charge on any atom is -0.394 e. The van der Waals surface area contributed by atoms with Crippen LogP contribution in [0.15, 0.2) is 11.1 Å². The molecule has 5 N–H and O–H groups in total. The molecule has 2 aromatic heterocycles. The van der Waals surface area contributed by atoms with Crippen molar-refractivity contribution in [2.75, 3.05) is 12.3 Å². The van der Waals surface area contributed by atoms with Gasteiger partial charge >= 0.3 is 0 Å². The fourth-order valence-corrected chi connectivity index (χ4v) is 2.40. The Labute approximate surface area is 117 Å². The van der Waals surface area contributed by atoms with Crippen molar-refractivity contribution in [2.24, 2.45) is 5.92 Å². The van der Waals surface area contributed by atoms with Crippen LogP contribution in [0.3, 0.4) is 0 Å². The lowest BCUT2D eigenvalue weighted by Gasteiger charge is -2.15. The highest BCUT2D eigenvalue weighted by Crippen LogP contribution is 2.35. The van der Waals surface area contributed by atoms with Crippen LogP contribution in [0.25, 0.3) is 11.2 Å². The molecule has 0 spiro atoms. The Bertz CT molecular complexity index is 777. The maximum atomic E-state index is 11.7. The van der Waals surface area contributed by atoms with Gasteiger partial charge in [-0.3, -0.25) is 14.3 Å². The van der Waals surface area contributed by atoms with E-state index >= 15 is 0 Å². The molecule has 1 saturated heterocycles. The largest absolute Gasteiger partial charge is 0.394 e. The molecule has 10 heteroatoms. The van der Waals surface area contributed by atoms with E-state index in [1.165, 1.54) is 10.9 Å². The summed E-state index contributed by atoms with van der Waals surface area (Å²) in [6.45, 7) is -0.432. The van der Waals surface area contributed by atoms with Crippen molar-refractivity contribution in [1.82, 2.24) is 19.5 Å². The number of nitrogens with one attached hydrogen (secondary N) is 1. The summed E-state index contributed by atoms with van der Waals surface area (Å²) in [5.74, 6) is -1.03. The van der Waals surface area contributed by atoms with Crippen molar-refractivity contribution in [3.63, 3.8) is 0 Å². The minimum atomic E-state index is -1.15. The van der Waals surface area contributed by atoms with E-state index in [0.717, 1.165) is 0 Å². The number of fused-ring (bicyclic) bond motifs is 1. The predicted octanol–water partition coefficient (Wildman–Crippen LogP) is -1.91. The van der Waals surface area contributed by atoms with E-state index in [1.807, 2.05) is 6.07 Å². The van der Waals surface area contributed by atoms with Crippen LogP contribution in [-0.4, -0.2) is 48.5 Å². The lowest BCUT2D eigenvalue weighted by molar-refractivity contribution is -0.0441. The summed E-state index contributed by atoms with van der Waals surface area (Å²) in [5.41, 5.74) is 5.18. The first-order valence-corrected chi connectivity index (χ1v) is 6.13. The van der Waals surface area contributed by atoms with Crippen LogP contribution in [-0.2, 0) is 4.74 Å². The SMILES string of the molecule is N#CC1[C@H](n2cnc3c(=O)[nH]c(N)nc32)O[C@H](CO)[C@H]1O. The molecule has 1 aliphatic rings. The predicted molar refractivity (Wildman–Crippen MR) is 68.7 cm³/mol. The number of hydrogen-bond donors (Lipinski definition) is 4. The molecule has 1 unspecified atom stereocenters. The number of hydrogen-bond acceptors (Lipinski definition) is 8. The fraction of sp³-hybridized carbons (Fsp3) is 0.455. The van der Waals surface area contributed by atoms with E-state index < -0.39 is 36.5 Å². The van der Waals surface area contributed by atoms with E-state index in [9.17, 15) is 15.2 Å². The normalized spacial score (nSPS) is 28.8. The summed E-state index contributed by atoms with van der Waals surface area (Å²) in [6, 6.07) is 1.93. The van der Waals surface area contributed by atoms with Crippen molar-refractivity contribution in [3.8, 4) is 6.07 Å². The summed E-state index contributed by atoms with van der Waals surface area (Å²) < 4.78 is 6.82. The third kappa shape index (κ3) is 1.95. The Morgan fingerprint density at radius 1 is 1.62 bits per heavy atom. The zero-order valence-electron chi connectivity index (χ0n) is 10.7. The first kappa shape index (κ1) is 13.5. The number of nitrogens with zero attached hydrogens (tertiary/aromatic N) is 4. The highest BCUT2D eigenvalue weighted by Gasteiger charge is 2.45. The van der Waals surface area contributed by atoms with Gasteiger partial charge in [0.1, 0.15) is 18.1 Å². The minimum absolute atomic E-state index is 0.0476. The third-order valence-electron chi connectivity index (χ3n) is 3.42. The number of imidazole rings is 1. The van der Waals surface area contributed by atoms with Gasteiger partial charge in [0, 0.05) is 0 Å². The average molecular weight is 292 g/mol. The maximum Gasteiger partial charge on any atom is 0.280 e. The van der Waals surface area contributed by atoms with E-state index in [2.05, 4.69) is 15.0 Å². The molecule has 0 aromatic carbocycles. The first-order chi connectivity index (χ1) is 10.1. The number of aliphatic hydroxyl groups excluding tert-OH is 2. The quantitative estimate of drug-likeness (QED) is 0.498. The second kappa shape index (κ2) is 4.81. The van der Waals surface area contributed by atoms with Gasteiger partial charge in [0.25, 0.3) is 5.56 Å². The standard InChI is InChI=1S/C11H12N6O4/c12-1-4-7(19)5(2-18)21-10(4)17-3-14-6-8(17)15-11(13)16-9(6)20/h3-5,7,10,18-19H,2H2,(H3,13,15,16,20)/t4?,5-,7+,10-/m1/s1. The highest BCUT2D eigenvalue weighted by atomic mass is 16.5. The molecule has 1 aliphatic heterocycles. The van der Waals surface area contributed by atoms with E-state index in [0.29, 0.717) is 0 Å². The van der Waals surface area contributed by atoms with Gasteiger partial charge in [0.05, 0.1) is 19.0 Å². The second-order valence-electron chi connectivity index (χ2n) is 4.67. The zero-order chi connectivity index (χ0) is 15.1. The monoisotopic (exact) mass is 292 g/mol. The van der Waals surface area contributed by atoms with Crippen molar-refractivity contribution < 1.29 is 14.9 Å². The van der Waals surface area contributed by atoms with Crippen LogP contribution < -0.4 is 11.3 Å². The molecule has 0 radical (unpaired) electrons. The second-order valence-corrected chi connectivity index (χ2v) is 4.67. The molecule has 3 heterocycles. The average Bonchev–Trinajstić information content (AvgIpc) is 2.99. The van der Waals surface area contributed by atoms with Gasteiger partial charge in [-0.05, 0) is 0 Å². The smallest absolute Gasteiger partial charge is 0.280 e. The Balaban J connectivity index is 2.13. The number of nitrogen functional groups attached to an aromatic ring is 1. The van der Waals surface area contributed by atoms with Gasteiger partial charge in [-0.25, -0.2) is 4.98 Å². The number of H-pyrrole nitrogens is 1. The molecule has 3 rings (SSSR count). The van der Waals surface area contributed by atoms with Crippen LogP contribution in [0, 0.1) is 17.2 Å². The Morgan fingerprint density at radius 2 is 2.38 bits per heavy atom.